The molecule has 1 heterocycles. The Kier molecular flexibility index (Phi) is 3.98. The number of phenolic OH excluding ortho intramolecular Hbond substituents is 1. The van der Waals surface area contributed by atoms with Gasteiger partial charge in [0.2, 0.25) is 0 Å². The van der Waals surface area contributed by atoms with Crippen LogP contribution in [0.2, 0.25) is 0 Å². The zero-order valence-corrected chi connectivity index (χ0v) is 13.1. The second kappa shape index (κ2) is 5.26. The molecule has 4 nitrogen and oxygen atoms in total. The molecule has 0 aliphatic carbocycles. The molecule has 112 valence electrons. The van der Waals surface area contributed by atoms with Gasteiger partial charge >= 0.3 is 0 Å². The van der Waals surface area contributed by atoms with E-state index in [4.69, 9.17) is 9.47 Å². The van der Waals surface area contributed by atoms with Crippen LogP contribution in [0.5, 0.6) is 11.5 Å². The van der Waals surface area contributed by atoms with Crippen LogP contribution in [0.4, 0.5) is 0 Å². The first-order chi connectivity index (χ1) is 9.21. The van der Waals surface area contributed by atoms with E-state index in [0.717, 1.165) is 25.2 Å². The number of methoxy groups -OCH3 is 1. The fraction of sp³-hybridized carbons (Fsp3) is 0.625. The Morgan fingerprint density at radius 2 is 1.80 bits per heavy atom. The molecule has 0 radical (unpaired) electrons. The first-order valence-electron chi connectivity index (χ1n) is 6.99. The molecule has 0 bridgehead atoms. The summed E-state index contributed by atoms with van der Waals surface area (Å²) in [7, 11) is 1.57. The minimum atomic E-state index is -0.150. The summed E-state index contributed by atoms with van der Waals surface area (Å²) in [6.45, 7) is 11.1. The molecule has 0 atom stereocenters. The molecule has 1 fully saturated rings. The second-order valence-corrected chi connectivity index (χ2v) is 6.77. The van der Waals surface area contributed by atoms with Gasteiger partial charge in [0.05, 0.1) is 18.3 Å². The Hall–Kier alpha value is -1.26. The number of rotatable bonds is 3. The number of hydrogen-bond acceptors (Lipinski definition) is 4. The van der Waals surface area contributed by atoms with Crippen LogP contribution in [0.15, 0.2) is 18.2 Å². The molecule has 0 amide bonds. The maximum Gasteiger partial charge on any atom is 0.160 e. The van der Waals surface area contributed by atoms with Crippen molar-refractivity contribution in [3.8, 4) is 11.5 Å². The first kappa shape index (κ1) is 15.1. The Morgan fingerprint density at radius 3 is 2.35 bits per heavy atom. The van der Waals surface area contributed by atoms with Gasteiger partial charge in [-0.2, -0.15) is 0 Å². The molecular formula is C16H25NO3. The smallest absolute Gasteiger partial charge is 0.160 e. The van der Waals surface area contributed by atoms with Crippen LogP contribution in [0.25, 0.3) is 0 Å². The topological polar surface area (TPSA) is 41.9 Å². The zero-order chi connectivity index (χ0) is 15.0. The highest BCUT2D eigenvalue weighted by atomic mass is 16.5. The van der Waals surface area contributed by atoms with Crippen molar-refractivity contribution in [1.29, 1.82) is 0 Å². The Balaban J connectivity index is 2.13. The molecule has 4 heteroatoms. The van der Waals surface area contributed by atoms with Crippen molar-refractivity contribution >= 4 is 0 Å². The van der Waals surface area contributed by atoms with Crippen LogP contribution in [0, 0.1) is 0 Å². The zero-order valence-electron chi connectivity index (χ0n) is 13.1. The minimum absolute atomic E-state index is 0.150. The average molecular weight is 279 g/mol. The van der Waals surface area contributed by atoms with E-state index in [0.29, 0.717) is 5.75 Å². The summed E-state index contributed by atoms with van der Waals surface area (Å²) >= 11 is 0. The SMILES string of the molecule is COc1cc(CN2CC(C)(C)OC(C)(C)C2)ccc1O. The van der Waals surface area contributed by atoms with Crippen LogP contribution in [0.3, 0.4) is 0 Å². The third-order valence-corrected chi connectivity index (χ3v) is 3.41. The van der Waals surface area contributed by atoms with Gasteiger partial charge in [0.1, 0.15) is 0 Å². The molecule has 0 saturated carbocycles. The van der Waals surface area contributed by atoms with E-state index in [-0.39, 0.29) is 17.0 Å². The van der Waals surface area contributed by atoms with Crippen molar-refractivity contribution in [3.63, 3.8) is 0 Å². The summed E-state index contributed by atoms with van der Waals surface area (Å²) in [6, 6.07) is 5.52. The van der Waals surface area contributed by atoms with Crippen LogP contribution >= 0.6 is 0 Å². The highest BCUT2D eigenvalue weighted by Gasteiger charge is 2.37. The minimum Gasteiger partial charge on any atom is -0.504 e. The average Bonchev–Trinajstić information content (AvgIpc) is 2.27. The van der Waals surface area contributed by atoms with Crippen LogP contribution in [-0.4, -0.2) is 41.4 Å². The number of morpholine rings is 1. The van der Waals surface area contributed by atoms with Crippen LogP contribution in [0.1, 0.15) is 33.3 Å². The summed E-state index contributed by atoms with van der Waals surface area (Å²) in [6.07, 6.45) is 0. The molecule has 1 aliphatic rings. The quantitative estimate of drug-likeness (QED) is 0.924. The number of phenols is 1. The predicted octanol–water partition coefficient (Wildman–Crippen LogP) is 2.79. The van der Waals surface area contributed by atoms with E-state index in [1.54, 1.807) is 13.2 Å². The maximum absolute atomic E-state index is 9.65. The molecule has 0 unspecified atom stereocenters. The van der Waals surface area contributed by atoms with Gasteiger partial charge in [-0.1, -0.05) is 6.07 Å². The Bertz CT molecular complexity index is 467. The van der Waals surface area contributed by atoms with E-state index in [1.165, 1.54) is 0 Å². The predicted molar refractivity (Wildman–Crippen MR) is 79.2 cm³/mol. The molecule has 0 aromatic heterocycles. The fourth-order valence-corrected chi connectivity index (χ4v) is 3.14. The number of nitrogens with zero attached hydrogens (tertiary/aromatic N) is 1. The number of hydrogen-bond donors (Lipinski definition) is 1. The highest BCUT2D eigenvalue weighted by Crippen LogP contribution is 2.31. The van der Waals surface area contributed by atoms with E-state index in [9.17, 15) is 5.11 Å². The summed E-state index contributed by atoms with van der Waals surface area (Å²) in [5.41, 5.74) is 0.832. The first-order valence-corrected chi connectivity index (χ1v) is 6.99. The lowest BCUT2D eigenvalue weighted by Gasteiger charge is -2.47. The van der Waals surface area contributed by atoms with Crippen molar-refractivity contribution in [2.45, 2.75) is 45.4 Å². The van der Waals surface area contributed by atoms with Crippen molar-refractivity contribution in [1.82, 2.24) is 4.90 Å². The molecule has 0 spiro atoms. The standard InChI is InChI=1S/C16H25NO3/c1-15(2)10-17(11-16(3,4)20-15)9-12-6-7-13(18)14(8-12)19-5/h6-8,18H,9-11H2,1-5H3. The largest absolute Gasteiger partial charge is 0.504 e. The molecule has 20 heavy (non-hydrogen) atoms. The van der Waals surface area contributed by atoms with Crippen LogP contribution in [-0.2, 0) is 11.3 Å². The molecular weight excluding hydrogens is 254 g/mol. The summed E-state index contributed by atoms with van der Waals surface area (Å²) in [5, 5.41) is 9.65. The summed E-state index contributed by atoms with van der Waals surface area (Å²) in [5.74, 6) is 0.702. The van der Waals surface area contributed by atoms with Gasteiger partial charge in [-0.3, -0.25) is 4.90 Å². The molecule has 1 N–H and O–H groups in total. The number of ether oxygens (including phenoxy) is 2. The van der Waals surface area contributed by atoms with Gasteiger partial charge < -0.3 is 14.6 Å². The van der Waals surface area contributed by atoms with Gasteiger partial charge in [0.25, 0.3) is 0 Å². The molecule has 1 aromatic carbocycles. The van der Waals surface area contributed by atoms with Gasteiger partial charge in [-0.25, -0.2) is 0 Å². The van der Waals surface area contributed by atoms with E-state index in [1.807, 2.05) is 12.1 Å². The molecule has 1 saturated heterocycles. The second-order valence-electron chi connectivity index (χ2n) is 6.77. The van der Waals surface area contributed by atoms with Crippen molar-refractivity contribution in [2.75, 3.05) is 20.2 Å². The number of benzene rings is 1. The molecule has 1 aliphatic heterocycles. The highest BCUT2D eigenvalue weighted by molar-refractivity contribution is 5.41. The van der Waals surface area contributed by atoms with Gasteiger partial charge in [-0.05, 0) is 45.4 Å². The number of aromatic hydroxyl groups is 1. The summed E-state index contributed by atoms with van der Waals surface area (Å²) in [4.78, 5) is 2.38. The lowest BCUT2D eigenvalue weighted by atomic mass is 9.98. The van der Waals surface area contributed by atoms with E-state index in [2.05, 4.69) is 32.6 Å². The van der Waals surface area contributed by atoms with Gasteiger partial charge in [0, 0.05) is 19.6 Å². The summed E-state index contributed by atoms with van der Waals surface area (Å²) < 4.78 is 11.3. The monoisotopic (exact) mass is 279 g/mol. The van der Waals surface area contributed by atoms with Crippen molar-refractivity contribution < 1.29 is 14.6 Å². The maximum atomic E-state index is 9.65. The third-order valence-electron chi connectivity index (χ3n) is 3.41. The third kappa shape index (κ3) is 3.64. The van der Waals surface area contributed by atoms with E-state index < -0.39 is 0 Å². The lowest BCUT2D eigenvalue weighted by molar-refractivity contribution is -0.182. The van der Waals surface area contributed by atoms with Crippen LogP contribution < -0.4 is 4.74 Å². The Labute approximate surface area is 121 Å². The molecule has 2 rings (SSSR count). The Morgan fingerprint density at radius 1 is 1.20 bits per heavy atom. The van der Waals surface area contributed by atoms with Crippen molar-refractivity contribution in [2.24, 2.45) is 0 Å². The van der Waals surface area contributed by atoms with Gasteiger partial charge in [-0.15, -0.1) is 0 Å². The fourth-order valence-electron chi connectivity index (χ4n) is 3.14. The normalized spacial score (nSPS) is 21.6. The van der Waals surface area contributed by atoms with Crippen molar-refractivity contribution in [3.05, 3.63) is 23.8 Å². The van der Waals surface area contributed by atoms with E-state index >= 15 is 0 Å². The molecule has 1 aromatic rings. The van der Waals surface area contributed by atoms with Gasteiger partial charge in [0.15, 0.2) is 11.5 Å². The lowest BCUT2D eigenvalue weighted by Crippen LogP contribution is -2.56.